The maximum Gasteiger partial charge on any atom is 0.293 e. The Morgan fingerprint density at radius 3 is 2.83 bits per heavy atom. The highest BCUT2D eigenvalue weighted by Gasteiger charge is 2.32. The van der Waals surface area contributed by atoms with Crippen LogP contribution in [0.15, 0.2) is 21.6 Å². The number of rotatable bonds is 5. The number of amides is 2. The van der Waals surface area contributed by atoms with Gasteiger partial charge in [-0.05, 0) is 58.2 Å². The number of carbonyl (C=O) groups excluding carboxylic acids is 2. The number of carbonyl (C=O) groups is 2. The predicted octanol–water partition coefficient (Wildman–Crippen LogP) is 3.79. The smallest absolute Gasteiger partial charge is 0.293 e. The van der Waals surface area contributed by atoms with Gasteiger partial charge in [0.25, 0.3) is 11.1 Å². The molecule has 0 atom stereocenters. The number of aromatic hydroxyl groups is 1. The molecule has 2 amide bonds. The molecule has 0 radical (unpaired) electrons. The molecule has 1 aliphatic heterocycles. The second-order valence-electron chi connectivity index (χ2n) is 6.88. The van der Waals surface area contributed by atoms with Gasteiger partial charge in [-0.25, -0.2) is 14.4 Å². The molecular formula is C19H16BrFN4O4S. The second-order valence-corrected chi connectivity index (χ2v) is 8.67. The molecule has 0 unspecified atom stereocenters. The molecule has 0 bridgehead atoms. The average molecular weight is 495 g/mol. The van der Waals surface area contributed by atoms with E-state index in [1.165, 1.54) is 19.2 Å². The van der Waals surface area contributed by atoms with E-state index >= 15 is 0 Å². The van der Waals surface area contributed by atoms with E-state index in [-0.39, 0.29) is 33.2 Å². The topological polar surface area (TPSA) is 119 Å². The highest BCUT2D eigenvalue weighted by Crippen LogP contribution is 2.42. The van der Waals surface area contributed by atoms with Crippen LogP contribution in [0.1, 0.15) is 35.6 Å². The van der Waals surface area contributed by atoms with Gasteiger partial charge < -0.3 is 15.6 Å². The van der Waals surface area contributed by atoms with Crippen LogP contribution in [0.5, 0.6) is 11.5 Å². The fourth-order valence-corrected chi connectivity index (χ4v) is 4.16. The van der Waals surface area contributed by atoms with Gasteiger partial charge in [0.05, 0.1) is 15.1 Å². The van der Waals surface area contributed by atoms with Crippen molar-refractivity contribution >= 4 is 50.9 Å². The van der Waals surface area contributed by atoms with Crippen molar-refractivity contribution < 1.29 is 23.8 Å². The molecule has 30 heavy (non-hydrogen) atoms. The first-order valence-electron chi connectivity index (χ1n) is 8.93. The van der Waals surface area contributed by atoms with Crippen molar-refractivity contribution in [2.75, 3.05) is 12.8 Å². The fraction of sp³-hybridized carbons (Fsp3) is 0.263. The van der Waals surface area contributed by atoms with Gasteiger partial charge >= 0.3 is 0 Å². The summed E-state index contributed by atoms with van der Waals surface area (Å²) in [6, 6.07) is 1.39. The number of likely N-dealkylation sites (N-methyl/N-ethyl adjacent to an activating group) is 1. The van der Waals surface area contributed by atoms with Crippen LogP contribution in [0, 0.1) is 5.82 Å². The molecule has 156 valence electrons. The summed E-state index contributed by atoms with van der Waals surface area (Å²) in [4.78, 5) is 33.2. The van der Waals surface area contributed by atoms with Crippen LogP contribution in [-0.4, -0.2) is 38.2 Å². The van der Waals surface area contributed by atoms with Crippen LogP contribution in [0.4, 0.5) is 15.1 Å². The van der Waals surface area contributed by atoms with E-state index in [0.717, 1.165) is 35.2 Å². The molecule has 1 saturated heterocycles. The number of ether oxygens (including phenoxy) is 1. The van der Waals surface area contributed by atoms with E-state index in [1.807, 2.05) is 0 Å². The van der Waals surface area contributed by atoms with Crippen molar-refractivity contribution in [3.8, 4) is 11.5 Å². The van der Waals surface area contributed by atoms with Crippen molar-refractivity contribution in [1.82, 2.24) is 14.9 Å². The third-order valence-electron chi connectivity index (χ3n) is 4.71. The maximum atomic E-state index is 14.6. The number of hydrogen-bond donors (Lipinski definition) is 2. The Bertz CT molecular complexity index is 1110. The number of thioether (sulfide) groups is 1. The third kappa shape index (κ3) is 3.86. The highest BCUT2D eigenvalue weighted by atomic mass is 79.9. The van der Waals surface area contributed by atoms with Crippen LogP contribution in [-0.2, 0) is 11.4 Å². The zero-order valence-electron chi connectivity index (χ0n) is 15.7. The van der Waals surface area contributed by atoms with Gasteiger partial charge in [-0.1, -0.05) is 0 Å². The molecule has 1 aromatic heterocycles. The van der Waals surface area contributed by atoms with Crippen LogP contribution >= 0.6 is 27.7 Å². The van der Waals surface area contributed by atoms with Gasteiger partial charge in [-0.3, -0.25) is 14.5 Å². The summed E-state index contributed by atoms with van der Waals surface area (Å²) in [5, 5.41) is 9.75. The minimum absolute atomic E-state index is 0.00562. The van der Waals surface area contributed by atoms with E-state index in [1.54, 1.807) is 6.20 Å². The Hall–Kier alpha value is -2.66. The van der Waals surface area contributed by atoms with Crippen LogP contribution in [0.25, 0.3) is 6.08 Å². The van der Waals surface area contributed by atoms with E-state index < -0.39 is 22.7 Å². The Kier molecular flexibility index (Phi) is 5.41. The van der Waals surface area contributed by atoms with Crippen LogP contribution in [0.3, 0.4) is 0 Å². The summed E-state index contributed by atoms with van der Waals surface area (Å²) in [5.41, 5.74) is 7.40. The minimum atomic E-state index is -0.939. The van der Waals surface area contributed by atoms with E-state index in [0.29, 0.717) is 11.5 Å². The first-order chi connectivity index (χ1) is 14.3. The third-order valence-corrected chi connectivity index (χ3v) is 6.48. The maximum absolute atomic E-state index is 14.6. The molecule has 1 aromatic carbocycles. The quantitative estimate of drug-likeness (QED) is 0.602. The Labute approximate surface area is 183 Å². The molecule has 2 fully saturated rings. The normalized spacial score (nSPS) is 17.8. The SMILES string of the molecule is CN1C(=O)S/C(=C\c2cc(OCc3cnc(N)nc3C3CC3)c(O)c(F)c2Br)C1=O. The zero-order chi connectivity index (χ0) is 21.6. The van der Waals surface area contributed by atoms with Crippen LogP contribution < -0.4 is 10.5 Å². The molecule has 1 saturated carbocycles. The molecule has 8 nitrogen and oxygen atoms in total. The molecule has 1 aliphatic carbocycles. The number of nitrogens with two attached hydrogens (primary N) is 1. The van der Waals surface area contributed by atoms with Gasteiger partial charge in [0.15, 0.2) is 17.3 Å². The van der Waals surface area contributed by atoms with Gasteiger partial charge in [0, 0.05) is 24.7 Å². The predicted molar refractivity (Wildman–Crippen MR) is 112 cm³/mol. The van der Waals surface area contributed by atoms with Crippen molar-refractivity contribution in [2.45, 2.75) is 25.4 Å². The minimum Gasteiger partial charge on any atom is -0.502 e. The van der Waals surface area contributed by atoms with Crippen molar-refractivity contribution in [3.05, 3.63) is 44.3 Å². The Morgan fingerprint density at radius 1 is 1.47 bits per heavy atom. The van der Waals surface area contributed by atoms with Gasteiger partial charge in [-0.15, -0.1) is 0 Å². The monoisotopic (exact) mass is 494 g/mol. The lowest BCUT2D eigenvalue weighted by molar-refractivity contribution is -0.121. The molecule has 4 rings (SSSR count). The van der Waals surface area contributed by atoms with Crippen LogP contribution in [0.2, 0.25) is 0 Å². The molecule has 0 spiro atoms. The van der Waals surface area contributed by atoms with E-state index in [9.17, 15) is 19.1 Å². The lowest BCUT2D eigenvalue weighted by Crippen LogP contribution is -2.22. The number of phenolic OH excluding ortho intramolecular Hbond substituents is 1. The summed E-state index contributed by atoms with van der Waals surface area (Å²) in [6.45, 7) is 0.00562. The Morgan fingerprint density at radius 2 is 2.20 bits per heavy atom. The number of aromatic nitrogens is 2. The van der Waals surface area contributed by atoms with E-state index in [2.05, 4.69) is 25.9 Å². The van der Waals surface area contributed by atoms with E-state index in [4.69, 9.17) is 10.5 Å². The molecule has 2 aromatic rings. The second kappa shape index (κ2) is 7.88. The van der Waals surface area contributed by atoms with Crippen molar-refractivity contribution in [1.29, 1.82) is 0 Å². The lowest BCUT2D eigenvalue weighted by atomic mass is 10.1. The number of halogens is 2. The van der Waals surface area contributed by atoms with Crippen molar-refractivity contribution in [3.63, 3.8) is 0 Å². The summed E-state index contributed by atoms with van der Waals surface area (Å²) >= 11 is 3.83. The molecule has 3 N–H and O–H groups in total. The molecule has 2 aliphatic rings. The summed E-state index contributed by atoms with van der Waals surface area (Å²) in [5.74, 6) is -1.75. The van der Waals surface area contributed by atoms with Gasteiger partial charge in [-0.2, -0.15) is 0 Å². The zero-order valence-corrected chi connectivity index (χ0v) is 18.1. The first-order valence-corrected chi connectivity index (χ1v) is 10.5. The average Bonchev–Trinajstić information content (AvgIpc) is 3.53. The number of imide groups is 1. The van der Waals surface area contributed by atoms with Crippen molar-refractivity contribution in [2.24, 2.45) is 0 Å². The largest absolute Gasteiger partial charge is 0.502 e. The molecule has 2 heterocycles. The number of nitrogen functional groups attached to an aromatic ring is 1. The number of hydrogen-bond acceptors (Lipinski definition) is 8. The summed E-state index contributed by atoms with van der Waals surface area (Å²) in [6.07, 6.45) is 4.92. The number of nitrogens with zero attached hydrogens (tertiary/aromatic N) is 3. The van der Waals surface area contributed by atoms with Gasteiger partial charge in [0.1, 0.15) is 6.61 Å². The van der Waals surface area contributed by atoms with Gasteiger partial charge in [0.2, 0.25) is 5.95 Å². The highest BCUT2D eigenvalue weighted by molar-refractivity contribution is 9.10. The summed E-state index contributed by atoms with van der Waals surface area (Å²) in [7, 11) is 1.37. The number of phenols is 1. The number of benzene rings is 1. The lowest BCUT2D eigenvalue weighted by Gasteiger charge is -2.13. The number of anilines is 1. The first kappa shape index (κ1) is 20.6. The standard InChI is InChI=1S/C19H16BrFN4O4S/c1-25-17(27)12(30-19(25)28)5-9-4-11(16(26)14(21)13(9)20)29-7-10-6-23-18(22)24-15(10)8-2-3-8/h4-6,8,26H,2-3,7H2,1H3,(H2,22,23,24)/b12-5-. The molecular weight excluding hydrogens is 479 g/mol. The fourth-order valence-electron chi connectivity index (χ4n) is 2.92. The molecule has 11 heteroatoms. The Balaban J connectivity index is 1.64. The summed E-state index contributed by atoms with van der Waals surface area (Å²) < 4.78 is 20.2.